The zero-order valence-corrected chi connectivity index (χ0v) is 10.0. The molecule has 0 radical (unpaired) electrons. The zero-order valence-electron chi connectivity index (χ0n) is 10.0. The Morgan fingerprint density at radius 3 is 2.88 bits per heavy atom. The topological polar surface area (TPSA) is 42.1 Å². The monoisotopic (exact) mass is 231 g/mol. The molecule has 0 spiro atoms. The van der Waals surface area contributed by atoms with E-state index in [0.29, 0.717) is 12.4 Å². The Balaban J connectivity index is 2.17. The molecule has 90 valence electrons. The molecule has 2 aromatic rings. The molecule has 0 saturated heterocycles. The van der Waals surface area contributed by atoms with Crippen molar-refractivity contribution >= 4 is 10.9 Å². The SMILES string of the molecule is CCCCCOc1cc2ccccc2[nH]c1=O. The van der Waals surface area contributed by atoms with Crippen LogP contribution >= 0.6 is 0 Å². The van der Waals surface area contributed by atoms with Crippen LogP contribution in [0.15, 0.2) is 35.1 Å². The highest BCUT2D eigenvalue weighted by atomic mass is 16.5. The lowest BCUT2D eigenvalue weighted by atomic mass is 10.2. The lowest BCUT2D eigenvalue weighted by molar-refractivity contribution is 0.303. The van der Waals surface area contributed by atoms with E-state index in [1.54, 1.807) is 6.07 Å². The summed E-state index contributed by atoms with van der Waals surface area (Å²) in [6.07, 6.45) is 3.27. The first-order chi connectivity index (χ1) is 8.31. The van der Waals surface area contributed by atoms with Gasteiger partial charge in [-0.25, -0.2) is 0 Å². The van der Waals surface area contributed by atoms with Gasteiger partial charge in [-0.1, -0.05) is 38.0 Å². The number of hydrogen-bond acceptors (Lipinski definition) is 2. The van der Waals surface area contributed by atoms with Gasteiger partial charge in [-0.15, -0.1) is 0 Å². The highest BCUT2D eigenvalue weighted by Crippen LogP contribution is 2.14. The molecule has 1 heterocycles. The molecule has 2 rings (SSSR count). The van der Waals surface area contributed by atoms with Crippen molar-refractivity contribution in [2.24, 2.45) is 0 Å². The minimum absolute atomic E-state index is 0.153. The summed E-state index contributed by atoms with van der Waals surface area (Å²) in [7, 11) is 0. The van der Waals surface area contributed by atoms with Gasteiger partial charge in [0.25, 0.3) is 5.56 Å². The Morgan fingerprint density at radius 2 is 2.06 bits per heavy atom. The summed E-state index contributed by atoms with van der Waals surface area (Å²) in [5, 5.41) is 0.998. The van der Waals surface area contributed by atoms with Crippen LogP contribution in [0, 0.1) is 0 Å². The predicted octanol–water partition coefficient (Wildman–Crippen LogP) is 3.10. The number of aromatic amines is 1. The van der Waals surface area contributed by atoms with Gasteiger partial charge >= 0.3 is 0 Å². The number of H-pyrrole nitrogens is 1. The molecule has 0 atom stereocenters. The third-order valence-corrected chi connectivity index (χ3v) is 2.72. The molecule has 1 aromatic carbocycles. The molecule has 0 saturated carbocycles. The van der Waals surface area contributed by atoms with Crippen molar-refractivity contribution in [2.75, 3.05) is 6.61 Å². The van der Waals surface area contributed by atoms with Crippen LogP contribution in [0.2, 0.25) is 0 Å². The zero-order chi connectivity index (χ0) is 12.1. The van der Waals surface area contributed by atoms with Crippen LogP contribution in [-0.2, 0) is 0 Å². The average Bonchev–Trinajstić information content (AvgIpc) is 2.35. The van der Waals surface area contributed by atoms with Crippen molar-refractivity contribution in [3.8, 4) is 5.75 Å². The van der Waals surface area contributed by atoms with E-state index in [1.165, 1.54) is 0 Å². The van der Waals surface area contributed by atoms with E-state index in [2.05, 4.69) is 11.9 Å². The fourth-order valence-electron chi connectivity index (χ4n) is 1.77. The maximum absolute atomic E-state index is 11.7. The summed E-state index contributed by atoms with van der Waals surface area (Å²) in [6, 6.07) is 9.50. The summed E-state index contributed by atoms with van der Waals surface area (Å²) in [5.74, 6) is 0.416. The Hall–Kier alpha value is -1.77. The number of unbranched alkanes of at least 4 members (excludes halogenated alkanes) is 2. The number of pyridine rings is 1. The number of fused-ring (bicyclic) bond motifs is 1. The second-order valence-electron chi connectivity index (χ2n) is 4.11. The Bertz CT molecular complexity index is 545. The van der Waals surface area contributed by atoms with Crippen molar-refractivity contribution in [3.05, 3.63) is 40.7 Å². The number of rotatable bonds is 5. The maximum Gasteiger partial charge on any atom is 0.290 e. The van der Waals surface area contributed by atoms with Crippen LogP contribution in [0.3, 0.4) is 0 Å². The molecule has 0 unspecified atom stereocenters. The quantitative estimate of drug-likeness (QED) is 0.803. The van der Waals surface area contributed by atoms with Crippen molar-refractivity contribution in [1.29, 1.82) is 0 Å². The first-order valence-electron chi connectivity index (χ1n) is 6.06. The van der Waals surface area contributed by atoms with E-state index >= 15 is 0 Å². The molecular weight excluding hydrogens is 214 g/mol. The first kappa shape index (κ1) is 11.7. The van der Waals surface area contributed by atoms with Gasteiger partial charge in [-0.3, -0.25) is 4.79 Å². The van der Waals surface area contributed by atoms with E-state index in [0.717, 1.165) is 30.2 Å². The first-order valence-corrected chi connectivity index (χ1v) is 6.06. The molecular formula is C14H17NO2. The van der Waals surface area contributed by atoms with Gasteiger partial charge in [0.2, 0.25) is 0 Å². The van der Waals surface area contributed by atoms with E-state index in [9.17, 15) is 4.79 Å². The van der Waals surface area contributed by atoms with Gasteiger partial charge in [0.1, 0.15) is 0 Å². The summed E-state index contributed by atoms with van der Waals surface area (Å²) in [4.78, 5) is 14.5. The summed E-state index contributed by atoms with van der Waals surface area (Å²) in [5.41, 5.74) is 0.693. The maximum atomic E-state index is 11.7. The number of aromatic nitrogens is 1. The van der Waals surface area contributed by atoms with Crippen LogP contribution in [0.1, 0.15) is 26.2 Å². The van der Waals surface area contributed by atoms with Crippen LogP contribution in [0.25, 0.3) is 10.9 Å². The second-order valence-corrected chi connectivity index (χ2v) is 4.11. The van der Waals surface area contributed by atoms with Gasteiger partial charge in [-0.05, 0) is 18.6 Å². The van der Waals surface area contributed by atoms with Crippen molar-refractivity contribution in [3.63, 3.8) is 0 Å². The molecule has 0 bridgehead atoms. The van der Waals surface area contributed by atoms with Crippen LogP contribution in [0.5, 0.6) is 5.75 Å². The van der Waals surface area contributed by atoms with E-state index in [4.69, 9.17) is 4.74 Å². The molecule has 0 fully saturated rings. The number of hydrogen-bond donors (Lipinski definition) is 1. The third kappa shape index (κ3) is 2.87. The fourth-order valence-corrected chi connectivity index (χ4v) is 1.77. The van der Waals surface area contributed by atoms with Gasteiger partial charge < -0.3 is 9.72 Å². The van der Waals surface area contributed by atoms with E-state index < -0.39 is 0 Å². The van der Waals surface area contributed by atoms with Gasteiger partial charge in [-0.2, -0.15) is 0 Å². The Morgan fingerprint density at radius 1 is 1.24 bits per heavy atom. The predicted molar refractivity (Wildman–Crippen MR) is 69.6 cm³/mol. The number of para-hydroxylation sites is 1. The van der Waals surface area contributed by atoms with Crippen molar-refractivity contribution in [1.82, 2.24) is 4.98 Å². The summed E-state index contributed by atoms with van der Waals surface area (Å²) in [6.45, 7) is 2.75. The van der Waals surface area contributed by atoms with Crippen molar-refractivity contribution in [2.45, 2.75) is 26.2 Å². The van der Waals surface area contributed by atoms with Crippen LogP contribution in [-0.4, -0.2) is 11.6 Å². The smallest absolute Gasteiger partial charge is 0.290 e. The summed E-state index contributed by atoms with van der Waals surface area (Å²) >= 11 is 0. The number of benzene rings is 1. The van der Waals surface area contributed by atoms with Gasteiger partial charge in [0.05, 0.1) is 6.61 Å². The molecule has 0 aliphatic heterocycles. The van der Waals surface area contributed by atoms with Gasteiger partial charge in [0, 0.05) is 10.9 Å². The van der Waals surface area contributed by atoms with Crippen LogP contribution in [0.4, 0.5) is 0 Å². The Labute approximate surface area is 100 Å². The average molecular weight is 231 g/mol. The third-order valence-electron chi connectivity index (χ3n) is 2.72. The minimum atomic E-state index is -0.153. The van der Waals surface area contributed by atoms with E-state index in [-0.39, 0.29) is 5.56 Å². The number of ether oxygens (including phenoxy) is 1. The molecule has 3 nitrogen and oxygen atoms in total. The second kappa shape index (κ2) is 5.53. The summed E-state index contributed by atoms with van der Waals surface area (Å²) < 4.78 is 5.50. The number of nitrogens with one attached hydrogen (secondary N) is 1. The standard InChI is InChI=1S/C14H17NO2/c1-2-3-6-9-17-13-10-11-7-4-5-8-12(11)15-14(13)16/h4-5,7-8,10H,2-3,6,9H2,1H3,(H,15,16). The largest absolute Gasteiger partial charge is 0.488 e. The van der Waals surface area contributed by atoms with Gasteiger partial charge in [0.15, 0.2) is 5.75 Å². The van der Waals surface area contributed by atoms with Crippen LogP contribution < -0.4 is 10.3 Å². The normalized spacial score (nSPS) is 10.6. The van der Waals surface area contributed by atoms with E-state index in [1.807, 2.05) is 24.3 Å². The Kier molecular flexibility index (Phi) is 3.81. The highest BCUT2D eigenvalue weighted by Gasteiger charge is 2.02. The molecule has 1 N–H and O–H groups in total. The molecule has 1 aromatic heterocycles. The minimum Gasteiger partial charge on any atom is -0.488 e. The molecule has 0 aliphatic rings. The molecule has 0 aliphatic carbocycles. The molecule has 0 amide bonds. The molecule has 17 heavy (non-hydrogen) atoms. The lowest BCUT2D eigenvalue weighted by Gasteiger charge is -2.05. The van der Waals surface area contributed by atoms with Crippen molar-refractivity contribution < 1.29 is 4.74 Å². The lowest BCUT2D eigenvalue weighted by Crippen LogP contribution is -2.11. The highest BCUT2D eigenvalue weighted by molar-refractivity contribution is 5.79. The fraction of sp³-hybridized carbons (Fsp3) is 0.357. The molecule has 3 heteroatoms.